The van der Waals surface area contributed by atoms with E-state index in [1.54, 1.807) is 42.5 Å². The van der Waals surface area contributed by atoms with E-state index in [1.165, 1.54) is 37.6 Å². The number of aromatic nitrogens is 1. The highest BCUT2D eigenvalue weighted by Gasteiger charge is 2.49. The van der Waals surface area contributed by atoms with Crippen LogP contribution < -0.4 is 19.1 Å². The molecule has 0 radical (unpaired) electrons. The lowest BCUT2D eigenvalue weighted by atomic mass is 9.94. The maximum Gasteiger partial charge on any atom is 0.301 e. The number of nitrogens with zero attached hydrogens (tertiary/aromatic N) is 2. The number of rotatable bonds is 7. The lowest BCUT2D eigenvalue weighted by Crippen LogP contribution is -2.29. The van der Waals surface area contributed by atoms with Crippen molar-refractivity contribution in [3.63, 3.8) is 0 Å². The third kappa shape index (κ3) is 4.14. The van der Waals surface area contributed by atoms with Gasteiger partial charge in [0.05, 0.1) is 37.1 Å². The summed E-state index contributed by atoms with van der Waals surface area (Å²) in [6.07, 6.45) is 0.858. The van der Waals surface area contributed by atoms with Crippen LogP contribution in [0, 0.1) is 0 Å². The van der Waals surface area contributed by atoms with Gasteiger partial charge in [0, 0.05) is 11.1 Å². The summed E-state index contributed by atoms with van der Waals surface area (Å²) in [4.78, 5) is 33.2. The number of hydrogen-bond donors (Lipinski definition) is 1. The van der Waals surface area contributed by atoms with Crippen molar-refractivity contribution in [3.05, 3.63) is 82.9 Å². The highest BCUT2D eigenvalue weighted by Crippen LogP contribution is 2.48. The molecule has 1 N–H and O–H groups in total. The molecule has 194 valence electrons. The quantitative estimate of drug-likeness (QED) is 0.191. The monoisotopic (exact) mass is 530 g/mol. The molecule has 8 nitrogen and oxygen atoms in total. The molecule has 0 unspecified atom stereocenters. The van der Waals surface area contributed by atoms with Gasteiger partial charge in [-0.25, -0.2) is 4.98 Å². The van der Waals surface area contributed by atoms with E-state index in [-0.39, 0.29) is 11.3 Å². The Morgan fingerprint density at radius 2 is 1.76 bits per heavy atom. The number of amides is 1. The molecule has 4 aromatic rings. The number of benzene rings is 3. The van der Waals surface area contributed by atoms with Gasteiger partial charge in [-0.1, -0.05) is 36.5 Å². The van der Waals surface area contributed by atoms with Crippen LogP contribution in [-0.4, -0.2) is 43.1 Å². The minimum atomic E-state index is -1.01. The van der Waals surface area contributed by atoms with Crippen molar-refractivity contribution in [2.75, 3.05) is 26.2 Å². The fourth-order valence-corrected chi connectivity index (χ4v) is 5.69. The van der Waals surface area contributed by atoms with Gasteiger partial charge in [0.25, 0.3) is 5.78 Å². The number of ether oxygens (including phenoxy) is 3. The third-order valence-corrected chi connectivity index (χ3v) is 7.61. The van der Waals surface area contributed by atoms with Crippen molar-refractivity contribution in [2.24, 2.45) is 0 Å². The molecule has 0 aliphatic carbocycles. The van der Waals surface area contributed by atoms with Crippen LogP contribution in [0.3, 0.4) is 0 Å². The number of hydrogen-bond acceptors (Lipinski definition) is 8. The summed E-state index contributed by atoms with van der Waals surface area (Å²) in [5, 5.41) is 11.8. The van der Waals surface area contributed by atoms with Crippen LogP contribution >= 0.6 is 11.3 Å². The molecule has 1 saturated heterocycles. The standard InChI is InChI=1S/C29H26N2O6S/c1-5-16-9-14-20-22(15-16)38-29(30-20)31-24(19-7-6-8-21(36-3)27(19)37-4)23(26(33)28(31)34)25(32)17-10-12-18(35-2)13-11-17/h6-15,24,32H,5H2,1-4H3/b25-23+/t24-/m1/s1. The Morgan fingerprint density at radius 1 is 1.00 bits per heavy atom. The first-order valence-corrected chi connectivity index (χ1v) is 12.8. The molecule has 1 aromatic heterocycles. The number of carbonyl (C=O) groups excluding carboxylic acids is 2. The number of aliphatic hydroxyl groups excluding tert-OH is 1. The fourth-order valence-electron chi connectivity index (χ4n) is 4.64. The lowest BCUT2D eigenvalue weighted by Gasteiger charge is -2.25. The van der Waals surface area contributed by atoms with E-state index in [0.29, 0.717) is 33.5 Å². The zero-order valence-electron chi connectivity index (χ0n) is 21.3. The number of para-hydroxylation sites is 1. The molecule has 1 fully saturated rings. The summed E-state index contributed by atoms with van der Waals surface area (Å²) >= 11 is 1.32. The Kier molecular flexibility index (Phi) is 6.77. The van der Waals surface area contributed by atoms with E-state index >= 15 is 0 Å². The fraction of sp³-hybridized carbons (Fsp3) is 0.207. The second-order valence-electron chi connectivity index (χ2n) is 8.63. The summed E-state index contributed by atoms with van der Waals surface area (Å²) in [6.45, 7) is 2.07. The number of aryl methyl sites for hydroxylation is 1. The SMILES string of the molecule is CCc1ccc2nc(N3C(=O)C(=O)/C(=C(/O)c4ccc(OC)cc4)[C@H]3c3cccc(OC)c3OC)sc2c1. The number of fused-ring (bicyclic) bond motifs is 1. The average Bonchev–Trinajstić information content (AvgIpc) is 3.49. The van der Waals surface area contributed by atoms with Crippen LogP contribution in [-0.2, 0) is 16.0 Å². The zero-order chi connectivity index (χ0) is 27.0. The number of anilines is 1. The number of methoxy groups -OCH3 is 3. The van der Waals surface area contributed by atoms with E-state index in [4.69, 9.17) is 19.2 Å². The van der Waals surface area contributed by atoms with Crippen molar-refractivity contribution in [3.8, 4) is 17.2 Å². The van der Waals surface area contributed by atoms with Crippen LogP contribution in [0.2, 0.25) is 0 Å². The molecule has 0 saturated carbocycles. The summed E-state index contributed by atoms with van der Waals surface area (Å²) in [7, 11) is 4.53. The van der Waals surface area contributed by atoms with Gasteiger partial charge >= 0.3 is 5.91 Å². The zero-order valence-corrected chi connectivity index (χ0v) is 22.2. The molecule has 5 rings (SSSR count). The van der Waals surface area contributed by atoms with E-state index in [1.807, 2.05) is 18.2 Å². The highest BCUT2D eigenvalue weighted by atomic mass is 32.1. The highest BCUT2D eigenvalue weighted by molar-refractivity contribution is 7.22. The Labute approximate surface area is 223 Å². The van der Waals surface area contributed by atoms with Gasteiger partial charge in [-0.15, -0.1) is 0 Å². The van der Waals surface area contributed by atoms with Gasteiger partial charge < -0.3 is 19.3 Å². The van der Waals surface area contributed by atoms with Gasteiger partial charge in [0.15, 0.2) is 16.6 Å². The van der Waals surface area contributed by atoms with E-state index in [2.05, 4.69) is 6.92 Å². The first-order chi connectivity index (χ1) is 18.4. The van der Waals surface area contributed by atoms with Crippen molar-refractivity contribution in [2.45, 2.75) is 19.4 Å². The Balaban J connectivity index is 1.76. The van der Waals surface area contributed by atoms with Gasteiger partial charge in [0.1, 0.15) is 17.6 Å². The first-order valence-electron chi connectivity index (χ1n) is 12.0. The summed E-state index contributed by atoms with van der Waals surface area (Å²) in [6, 6.07) is 16.7. The molecule has 1 amide bonds. The molecule has 1 aliphatic rings. The van der Waals surface area contributed by atoms with Gasteiger partial charge in [0.2, 0.25) is 0 Å². The summed E-state index contributed by atoms with van der Waals surface area (Å²) in [5.74, 6) is -0.545. The van der Waals surface area contributed by atoms with Crippen LogP contribution in [0.5, 0.6) is 17.2 Å². The topological polar surface area (TPSA) is 98.2 Å². The second-order valence-corrected chi connectivity index (χ2v) is 9.64. The second kappa shape index (κ2) is 10.2. The van der Waals surface area contributed by atoms with Crippen molar-refractivity contribution in [1.82, 2.24) is 4.98 Å². The molecule has 0 bridgehead atoms. The van der Waals surface area contributed by atoms with E-state index < -0.39 is 17.7 Å². The molecule has 38 heavy (non-hydrogen) atoms. The number of thiazole rings is 1. The predicted octanol–water partition coefficient (Wildman–Crippen LogP) is 5.51. The van der Waals surface area contributed by atoms with E-state index in [0.717, 1.165) is 22.2 Å². The van der Waals surface area contributed by atoms with Crippen molar-refractivity contribution < 1.29 is 28.9 Å². The average molecular weight is 531 g/mol. The van der Waals surface area contributed by atoms with Gasteiger partial charge in [-0.3, -0.25) is 14.5 Å². The lowest BCUT2D eigenvalue weighted by molar-refractivity contribution is -0.132. The van der Waals surface area contributed by atoms with Crippen LogP contribution in [0.25, 0.3) is 16.0 Å². The van der Waals surface area contributed by atoms with Gasteiger partial charge in [-0.2, -0.15) is 0 Å². The normalized spacial score (nSPS) is 16.7. The third-order valence-electron chi connectivity index (χ3n) is 6.59. The summed E-state index contributed by atoms with van der Waals surface area (Å²) in [5.41, 5.74) is 2.64. The van der Waals surface area contributed by atoms with Crippen LogP contribution in [0.1, 0.15) is 29.7 Å². The molecule has 1 aliphatic heterocycles. The minimum absolute atomic E-state index is 0.0692. The molecule has 2 heterocycles. The maximum atomic E-state index is 13.6. The molecular formula is C29H26N2O6S. The largest absolute Gasteiger partial charge is 0.507 e. The van der Waals surface area contributed by atoms with Crippen LogP contribution in [0.15, 0.2) is 66.2 Å². The Morgan fingerprint density at radius 3 is 2.42 bits per heavy atom. The predicted molar refractivity (Wildman–Crippen MR) is 146 cm³/mol. The molecular weight excluding hydrogens is 504 g/mol. The maximum absolute atomic E-state index is 13.6. The minimum Gasteiger partial charge on any atom is -0.507 e. The smallest absolute Gasteiger partial charge is 0.301 e. The van der Waals surface area contributed by atoms with Gasteiger partial charge in [-0.05, 0) is 54.4 Å². The number of Topliss-reactive ketones (excluding diaryl/α,β-unsaturated/α-hetero) is 1. The van der Waals surface area contributed by atoms with Crippen LogP contribution in [0.4, 0.5) is 5.13 Å². The first kappa shape index (κ1) is 25.3. The van der Waals surface area contributed by atoms with Crippen molar-refractivity contribution >= 4 is 44.1 Å². The Bertz CT molecular complexity index is 1570. The number of ketones is 1. The molecule has 0 spiro atoms. The molecule has 1 atom stereocenters. The molecule has 9 heteroatoms. The van der Waals surface area contributed by atoms with E-state index in [9.17, 15) is 14.7 Å². The number of carbonyl (C=O) groups is 2. The molecule has 3 aromatic carbocycles. The number of aliphatic hydroxyl groups is 1. The Hall–Kier alpha value is -4.37. The summed E-state index contributed by atoms with van der Waals surface area (Å²) < 4.78 is 17.3. The van der Waals surface area contributed by atoms with Crippen molar-refractivity contribution in [1.29, 1.82) is 0 Å².